The molecule has 2 amide bonds. The zero-order chi connectivity index (χ0) is 25.8. The number of benzene rings is 3. The minimum atomic E-state index is -0.627. The van der Waals surface area contributed by atoms with Crippen molar-refractivity contribution >= 4 is 28.6 Å². The number of nitrogens with zero attached hydrogens (tertiary/aromatic N) is 5. The molecule has 0 saturated heterocycles. The van der Waals surface area contributed by atoms with Gasteiger partial charge in [-0.25, -0.2) is 14.5 Å². The maximum Gasteiger partial charge on any atom is 0.262 e. The van der Waals surface area contributed by atoms with E-state index >= 15 is 0 Å². The molecule has 0 bridgehead atoms. The molecule has 8 heteroatoms. The summed E-state index contributed by atoms with van der Waals surface area (Å²) in [4.78, 5) is 37.2. The van der Waals surface area contributed by atoms with E-state index in [9.17, 15) is 9.59 Å². The van der Waals surface area contributed by atoms with Crippen LogP contribution in [-0.4, -0.2) is 36.3 Å². The average molecular weight is 500 g/mol. The van der Waals surface area contributed by atoms with E-state index in [1.54, 1.807) is 35.1 Å². The number of carbonyl (C=O) groups excluding carboxylic acids is 2. The molecule has 3 aromatic heterocycles. The van der Waals surface area contributed by atoms with Gasteiger partial charge in [-0.2, -0.15) is 0 Å². The van der Waals surface area contributed by atoms with Crippen LogP contribution in [0.1, 0.15) is 45.9 Å². The molecule has 7 rings (SSSR count). The Morgan fingerprint density at radius 1 is 0.816 bits per heavy atom. The van der Waals surface area contributed by atoms with Crippen molar-refractivity contribution in [2.45, 2.75) is 19.4 Å². The summed E-state index contributed by atoms with van der Waals surface area (Å²) in [5.41, 5.74) is 4.51. The maximum atomic E-state index is 13.2. The lowest BCUT2D eigenvalue weighted by Crippen LogP contribution is -2.34. The van der Waals surface area contributed by atoms with Gasteiger partial charge in [-0.3, -0.25) is 14.5 Å². The van der Waals surface area contributed by atoms with Crippen molar-refractivity contribution in [2.75, 3.05) is 0 Å². The second kappa shape index (κ2) is 8.48. The van der Waals surface area contributed by atoms with Crippen LogP contribution in [0.25, 0.3) is 39.2 Å². The molecule has 0 fully saturated rings. The minimum absolute atomic E-state index is 0.334. The van der Waals surface area contributed by atoms with Gasteiger partial charge in [-0.1, -0.05) is 79.7 Å². The van der Waals surface area contributed by atoms with E-state index in [0.29, 0.717) is 45.9 Å². The van der Waals surface area contributed by atoms with Crippen molar-refractivity contribution < 1.29 is 14.0 Å². The van der Waals surface area contributed by atoms with Crippen LogP contribution in [0.4, 0.5) is 0 Å². The van der Waals surface area contributed by atoms with Gasteiger partial charge in [0.05, 0.1) is 16.5 Å². The highest BCUT2D eigenvalue weighted by Crippen LogP contribution is 2.42. The smallest absolute Gasteiger partial charge is 0.262 e. The lowest BCUT2D eigenvalue weighted by atomic mass is 9.99. The first kappa shape index (κ1) is 22.1. The van der Waals surface area contributed by atoms with Crippen molar-refractivity contribution in [1.82, 2.24) is 24.5 Å². The molecule has 1 unspecified atom stereocenters. The predicted octanol–water partition coefficient (Wildman–Crippen LogP) is 5.95. The highest BCUT2D eigenvalue weighted by atomic mass is 16.3. The van der Waals surface area contributed by atoms with E-state index in [1.807, 2.05) is 67.6 Å². The number of aromatic nitrogens is 4. The molecule has 3 aromatic carbocycles. The molecule has 38 heavy (non-hydrogen) atoms. The first-order valence-electron chi connectivity index (χ1n) is 12.4. The normalized spacial score (nSPS) is 14.0. The number of furan rings is 1. The molecule has 0 saturated carbocycles. The molecule has 0 radical (unpaired) electrons. The van der Waals surface area contributed by atoms with E-state index in [1.165, 1.54) is 4.90 Å². The fraction of sp³-hybridized carbons (Fsp3) is 0.100. The number of rotatable bonds is 5. The Morgan fingerprint density at radius 3 is 2.05 bits per heavy atom. The fourth-order valence-corrected chi connectivity index (χ4v) is 5.20. The number of hydrogen-bond acceptors (Lipinski definition) is 6. The van der Waals surface area contributed by atoms with Crippen molar-refractivity contribution in [3.63, 3.8) is 0 Å². The van der Waals surface area contributed by atoms with E-state index in [-0.39, 0.29) is 11.8 Å². The fourth-order valence-electron chi connectivity index (χ4n) is 5.20. The van der Waals surface area contributed by atoms with Crippen molar-refractivity contribution in [1.29, 1.82) is 0 Å². The van der Waals surface area contributed by atoms with Gasteiger partial charge in [0.2, 0.25) is 5.71 Å². The molecule has 8 nitrogen and oxygen atoms in total. The molecule has 6 aromatic rings. The third kappa shape index (κ3) is 3.20. The summed E-state index contributed by atoms with van der Waals surface area (Å²) < 4.78 is 7.90. The van der Waals surface area contributed by atoms with Gasteiger partial charge in [-0.05, 0) is 24.1 Å². The zero-order valence-electron chi connectivity index (χ0n) is 20.4. The quantitative estimate of drug-likeness (QED) is 0.272. The summed E-state index contributed by atoms with van der Waals surface area (Å²) in [5.74, 6) is 0.389. The molecular formula is C30H21N5O3. The monoisotopic (exact) mass is 499 g/mol. The summed E-state index contributed by atoms with van der Waals surface area (Å²) in [6, 6.07) is 26.1. The van der Waals surface area contributed by atoms with Crippen LogP contribution in [0.15, 0.2) is 95.7 Å². The van der Waals surface area contributed by atoms with Crippen LogP contribution in [0.2, 0.25) is 0 Å². The summed E-state index contributed by atoms with van der Waals surface area (Å²) in [6.45, 7) is 1.91. The number of imide groups is 1. The Hall–Kier alpha value is -5.11. The lowest BCUT2D eigenvalue weighted by Gasteiger charge is -2.22. The van der Waals surface area contributed by atoms with Gasteiger partial charge >= 0.3 is 0 Å². The third-order valence-electron chi connectivity index (χ3n) is 6.97. The van der Waals surface area contributed by atoms with Crippen LogP contribution in [0.5, 0.6) is 0 Å². The van der Waals surface area contributed by atoms with E-state index in [0.717, 1.165) is 16.7 Å². The van der Waals surface area contributed by atoms with Gasteiger partial charge in [-0.15, -0.1) is 5.10 Å². The number of fused-ring (bicyclic) bond motifs is 4. The van der Waals surface area contributed by atoms with E-state index in [2.05, 4.69) is 10.1 Å². The first-order valence-corrected chi connectivity index (χ1v) is 12.4. The standard InChI is InChI=1S/C30H21N5O3/c1-2-22(35-29(36)20-15-9-10-16-21(20)30(35)37)26-32-27-24-23(18-11-5-3-6-12-18)25(19-13-7-4-8-14-19)38-28(24)31-17-34(27)33-26/h3-17,22H,2H2,1H3. The van der Waals surface area contributed by atoms with Gasteiger partial charge < -0.3 is 4.42 Å². The average Bonchev–Trinajstić information content (AvgIpc) is 3.64. The Morgan fingerprint density at radius 2 is 1.42 bits per heavy atom. The SMILES string of the molecule is CCC(c1nc2c3c(-c4ccccc4)c(-c4ccccc4)oc3ncn2n1)N1C(=O)c2ccccc2C1=O. The zero-order valence-corrected chi connectivity index (χ0v) is 20.4. The van der Waals surface area contributed by atoms with E-state index < -0.39 is 6.04 Å². The minimum Gasteiger partial charge on any atom is -0.437 e. The van der Waals surface area contributed by atoms with Crippen LogP contribution in [0.3, 0.4) is 0 Å². The topological polar surface area (TPSA) is 93.6 Å². The largest absolute Gasteiger partial charge is 0.437 e. The second-order valence-corrected chi connectivity index (χ2v) is 9.15. The Kier molecular flexibility index (Phi) is 4.94. The second-order valence-electron chi connectivity index (χ2n) is 9.15. The first-order chi connectivity index (χ1) is 18.7. The highest BCUT2D eigenvalue weighted by Gasteiger charge is 2.41. The van der Waals surface area contributed by atoms with Crippen LogP contribution in [0, 0.1) is 0 Å². The van der Waals surface area contributed by atoms with Gasteiger partial charge in [0.1, 0.15) is 18.1 Å². The Bertz CT molecular complexity index is 1820. The van der Waals surface area contributed by atoms with Gasteiger partial charge in [0.15, 0.2) is 11.5 Å². The molecule has 0 N–H and O–H groups in total. The van der Waals surface area contributed by atoms with Crippen molar-refractivity contribution in [3.8, 4) is 22.5 Å². The molecule has 1 aliphatic rings. The summed E-state index contributed by atoms with van der Waals surface area (Å²) in [6.07, 6.45) is 2.02. The number of amides is 2. The van der Waals surface area contributed by atoms with E-state index in [4.69, 9.17) is 9.40 Å². The van der Waals surface area contributed by atoms with Gasteiger partial charge in [0.25, 0.3) is 11.8 Å². The van der Waals surface area contributed by atoms with Crippen LogP contribution < -0.4 is 0 Å². The van der Waals surface area contributed by atoms with Crippen LogP contribution in [-0.2, 0) is 0 Å². The van der Waals surface area contributed by atoms with Crippen molar-refractivity contribution in [3.05, 3.63) is 108 Å². The molecule has 0 spiro atoms. The van der Waals surface area contributed by atoms with Crippen molar-refractivity contribution in [2.24, 2.45) is 0 Å². The molecular weight excluding hydrogens is 478 g/mol. The number of hydrogen-bond donors (Lipinski definition) is 0. The molecule has 4 heterocycles. The lowest BCUT2D eigenvalue weighted by molar-refractivity contribution is 0.0570. The Labute approximate surface area is 217 Å². The molecule has 0 aliphatic carbocycles. The summed E-state index contributed by atoms with van der Waals surface area (Å²) in [7, 11) is 0. The third-order valence-corrected chi connectivity index (χ3v) is 6.97. The number of carbonyl (C=O) groups is 2. The highest BCUT2D eigenvalue weighted by molar-refractivity contribution is 6.21. The summed E-state index contributed by atoms with van der Waals surface area (Å²) in [5, 5.41) is 5.40. The predicted molar refractivity (Wildman–Crippen MR) is 141 cm³/mol. The maximum absolute atomic E-state index is 13.2. The molecule has 1 aliphatic heterocycles. The van der Waals surface area contributed by atoms with Gasteiger partial charge in [0, 0.05) is 11.1 Å². The Balaban J connectivity index is 1.43. The van der Waals surface area contributed by atoms with Crippen LogP contribution >= 0.6 is 0 Å². The summed E-state index contributed by atoms with van der Waals surface area (Å²) >= 11 is 0. The molecule has 184 valence electrons. The molecule has 1 atom stereocenters.